The predicted molar refractivity (Wildman–Crippen MR) is 92.4 cm³/mol. The Balaban J connectivity index is 1.81. The van der Waals surface area contributed by atoms with Gasteiger partial charge in [-0.2, -0.15) is 0 Å². The van der Waals surface area contributed by atoms with Gasteiger partial charge >= 0.3 is 6.09 Å². The Morgan fingerprint density at radius 2 is 1.79 bits per heavy atom. The smallest absolute Gasteiger partial charge is 0.410 e. The third kappa shape index (κ3) is 5.46. The molecule has 1 heterocycles. The van der Waals surface area contributed by atoms with Gasteiger partial charge in [-0.15, -0.1) is 0 Å². The largest absolute Gasteiger partial charge is 0.444 e. The highest BCUT2D eigenvalue weighted by molar-refractivity contribution is 5.68. The highest BCUT2D eigenvalue weighted by atomic mass is 19.1. The summed E-state index contributed by atoms with van der Waals surface area (Å²) in [5.74, 6) is 0. The third-order valence-electron chi connectivity index (χ3n) is 4.00. The summed E-state index contributed by atoms with van der Waals surface area (Å²) in [7, 11) is 0. The Bertz CT molecular complexity index is 534. The zero-order chi connectivity index (χ0) is 17.7. The van der Waals surface area contributed by atoms with E-state index in [1.165, 1.54) is 0 Å². The van der Waals surface area contributed by atoms with Crippen molar-refractivity contribution >= 4 is 6.09 Å². The molecule has 5 nitrogen and oxygen atoms in total. The van der Waals surface area contributed by atoms with Crippen LogP contribution in [0.4, 0.5) is 9.18 Å². The minimum absolute atomic E-state index is 0.244. The lowest BCUT2D eigenvalue weighted by atomic mass is 10.1. The molecule has 1 aliphatic rings. The number of piperazine rings is 1. The lowest BCUT2D eigenvalue weighted by Gasteiger charge is -2.35. The van der Waals surface area contributed by atoms with Gasteiger partial charge < -0.3 is 15.4 Å². The number of rotatable bonds is 4. The van der Waals surface area contributed by atoms with E-state index in [0.29, 0.717) is 13.1 Å². The summed E-state index contributed by atoms with van der Waals surface area (Å²) in [4.78, 5) is 16.1. The van der Waals surface area contributed by atoms with Crippen LogP contribution in [0.25, 0.3) is 0 Å². The SMILES string of the molecule is CC(C)(C)OC(=O)N1CCN(Cc2ccc(C(N)CF)cc2)CC1. The normalized spacial score (nSPS) is 17.6. The van der Waals surface area contributed by atoms with Crippen molar-refractivity contribution in [3.8, 4) is 0 Å². The van der Waals surface area contributed by atoms with Crippen molar-refractivity contribution in [2.45, 2.75) is 39.0 Å². The number of carbonyl (C=O) groups is 1. The van der Waals surface area contributed by atoms with E-state index in [1.807, 2.05) is 45.0 Å². The molecule has 1 aromatic rings. The van der Waals surface area contributed by atoms with Gasteiger partial charge in [-0.1, -0.05) is 24.3 Å². The maximum absolute atomic E-state index is 12.6. The van der Waals surface area contributed by atoms with Crippen molar-refractivity contribution in [3.05, 3.63) is 35.4 Å². The molecule has 1 unspecified atom stereocenters. The van der Waals surface area contributed by atoms with Crippen LogP contribution in [-0.2, 0) is 11.3 Å². The Kier molecular flexibility index (Phi) is 6.18. The molecular weight excluding hydrogens is 309 g/mol. The fraction of sp³-hybridized carbons (Fsp3) is 0.611. The fourth-order valence-electron chi connectivity index (χ4n) is 2.63. The summed E-state index contributed by atoms with van der Waals surface area (Å²) >= 11 is 0. The zero-order valence-electron chi connectivity index (χ0n) is 14.8. The van der Waals surface area contributed by atoms with Gasteiger partial charge in [-0.25, -0.2) is 9.18 Å². The van der Waals surface area contributed by atoms with Crippen molar-refractivity contribution in [2.75, 3.05) is 32.9 Å². The van der Waals surface area contributed by atoms with Crippen LogP contribution in [0.2, 0.25) is 0 Å². The molecule has 0 aliphatic carbocycles. The highest BCUT2D eigenvalue weighted by Crippen LogP contribution is 2.16. The van der Waals surface area contributed by atoms with Crippen LogP contribution in [-0.4, -0.2) is 54.3 Å². The Morgan fingerprint density at radius 1 is 1.21 bits per heavy atom. The van der Waals surface area contributed by atoms with E-state index < -0.39 is 18.3 Å². The molecule has 1 fully saturated rings. The summed E-state index contributed by atoms with van der Waals surface area (Å²) in [6.07, 6.45) is -0.244. The molecular formula is C18H28FN3O2. The number of nitrogens with zero attached hydrogens (tertiary/aromatic N) is 2. The second-order valence-corrected chi connectivity index (χ2v) is 7.25. The van der Waals surface area contributed by atoms with Crippen molar-refractivity contribution in [1.29, 1.82) is 0 Å². The van der Waals surface area contributed by atoms with Crippen LogP contribution in [0.1, 0.15) is 37.9 Å². The molecule has 1 atom stereocenters. The summed E-state index contributed by atoms with van der Waals surface area (Å²) in [5, 5.41) is 0. The number of hydrogen-bond donors (Lipinski definition) is 1. The monoisotopic (exact) mass is 337 g/mol. The van der Waals surface area contributed by atoms with E-state index in [1.54, 1.807) is 4.90 Å². The first-order valence-electron chi connectivity index (χ1n) is 8.39. The van der Waals surface area contributed by atoms with Crippen LogP contribution in [0.3, 0.4) is 0 Å². The van der Waals surface area contributed by atoms with Gasteiger partial charge in [0.2, 0.25) is 0 Å². The van der Waals surface area contributed by atoms with Crippen LogP contribution in [0.15, 0.2) is 24.3 Å². The summed E-state index contributed by atoms with van der Waals surface area (Å²) in [6, 6.07) is 7.21. The molecule has 0 radical (unpaired) electrons. The zero-order valence-corrected chi connectivity index (χ0v) is 14.8. The second kappa shape index (κ2) is 7.94. The van der Waals surface area contributed by atoms with Crippen molar-refractivity contribution in [1.82, 2.24) is 9.80 Å². The number of benzene rings is 1. The molecule has 1 aromatic carbocycles. The van der Waals surface area contributed by atoms with Crippen LogP contribution >= 0.6 is 0 Å². The van der Waals surface area contributed by atoms with E-state index in [2.05, 4.69) is 4.90 Å². The quantitative estimate of drug-likeness (QED) is 0.918. The number of alkyl halides is 1. The van der Waals surface area contributed by atoms with Gasteiger partial charge in [-0.3, -0.25) is 4.90 Å². The van der Waals surface area contributed by atoms with Gasteiger partial charge in [0.25, 0.3) is 0 Å². The molecule has 2 N–H and O–H groups in total. The maximum atomic E-state index is 12.6. The Morgan fingerprint density at radius 3 is 2.29 bits per heavy atom. The van der Waals surface area contributed by atoms with Gasteiger partial charge in [0.05, 0.1) is 6.04 Å². The number of ether oxygens (including phenoxy) is 1. The number of nitrogens with two attached hydrogens (primary N) is 1. The molecule has 0 saturated carbocycles. The first kappa shape index (κ1) is 18.7. The number of carbonyl (C=O) groups excluding carboxylic acids is 1. The molecule has 0 bridgehead atoms. The Labute approximate surface area is 143 Å². The fourth-order valence-corrected chi connectivity index (χ4v) is 2.63. The number of hydrogen-bond acceptors (Lipinski definition) is 4. The van der Waals surface area contributed by atoms with Crippen LogP contribution < -0.4 is 5.73 Å². The van der Waals surface area contributed by atoms with Crippen LogP contribution in [0, 0.1) is 0 Å². The van der Waals surface area contributed by atoms with Crippen molar-refractivity contribution in [2.24, 2.45) is 5.73 Å². The molecule has 1 amide bonds. The molecule has 1 saturated heterocycles. The summed E-state index contributed by atoms with van der Waals surface area (Å²) < 4.78 is 18.0. The lowest BCUT2D eigenvalue weighted by molar-refractivity contribution is 0.0139. The predicted octanol–water partition coefficient (Wildman–Crippen LogP) is 2.71. The standard InChI is InChI=1S/C18H28FN3O2/c1-18(2,3)24-17(23)22-10-8-21(9-11-22)13-14-4-6-15(7-5-14)16(20)12-19/h4-7,16H,8-13,20H2,1-3H3. The van der Waals surface area contributed by atoms with Crippen molar-refractivity contribution < 1.29 is 13.9 Å². The second-order valence-electron chi connectivity index (χ2n) is 7.25. The average Bonchev–Trinajstić information content (AvgIpc) is 2.54. The molecule has 1 aliphatic heterocycles. The first-order chi connectivity index (χ1) is 11.3. The minimum Gasteiger partial charge on any atom is -0.444 e. The van der Waals surface area contributed by atoms with E-state index in [4.69, 9.17) is 10.5 Å². The summed E-state index contributed by atoms with van der Waals surface area (Å²) in [5.41, 5.74) is 7.20. The first-order valence-corrected chi connectivity index (χ1v) is 8.39. The van der Waals surface area contributed by atoms with Gasteiger partial charge in [-0.05, 0) is 31.9 Å². The molecule has 24 heavy (non-hydrogen) atoms. The highest BCUT2D eigenvalue weighted by Gasteiger charge is 2.25. The average molecular weight is 337 g/mol. The van der Waals surface area contributed by atoms with Gasteiger partial charge in [0.1, 0.15) is 12.3 Å². The Hall–Kier alpha value is -1.66. The summed E-state index contributed by atoms with van der Waals surface area (Å²) in [6.45, 7) is 8.84. The maximum Gasteiger partial charge on any atom is 0.410 e. The number of halogens is 1. The van der Waals surface area contributed by atoms with E-state index in [9.17, 15) is 9.18 Å². The third-order valence-corrected chi connectivity index (χ3v) is 4.00. The van der Waals surface area contributed by atoms with Crippen molar-refractivity contribution in [3.63, 3.8) is 0 Å². The molecule has 134 valence electrons. The lowest BCUT2D eigenvalue weighted by Crippen LogP contribution is -2.49. The molecule has 0 aromatic heterocycles. The molecule has 6 heteroatoms. The van der Waals surface area contributed by atoms with Gasteiger partial charge in [0.15, 0.2) is 0 Å². The van der Waals surface area contributed by atoms with Gasteiger partial charge in [0, 0.05) is 32.7 Å². The van der Waals surface area contributed by atoms with E-state index in [-0.39, 0.29) is 6.09 Å². The molecule has 2 rings (SSSR count). The molecule has 0 spiro atoms. The minimum atomic E-state index is -0.550. The number of amides is 1. The van der Waals surface area contributed by atoms with E-state index >= 15 is 0 Å². The topological polar surface area (TPSA) is 58.8 Å². The van der Waals surface area contributed by atoms with E-state index in [0.717, 1.165) is 30.8 Å². The van der Waals surface area contributed by atoms with Crippen LogP contribution in [0.5, 0.6) is 0 Å².